The number of likely N-dealkylation sites (N-methyl/N-ethyl adjacent to an activating group) is 2. The highest BCUT2D eigenvalue weighted by molar-refractivity contribution is 5.31. The second-order valence-electron chi connectivity index (χ2n) is 4.92. The van der Waals surface area contributed by atoms with Crippen LogP contribution in [-0.4, -0.2) is 43.7 Å². The Hall–Kier alpha value is -1.13. The van der Waals surface area contributed by atoms with Crippen LogP contribution in [0.1, 0.15) is 32.0 Å². The predicted octanol–water partition coefficient (Wildman–Crippen LogP) is 2.08. The fourth-order valence-electron chi connectivity index (χ4n) is 2.31. The fourth-order valence-corrected chi connectivity index (χ4v) is 2.31. The third-order valence-electron chi connectivity index (χ3n) is 3.94. The number of rotatable bonds is 6. The molecule has 0 saturated carbocycles. The molecule has 0 aromatic carbocycles. The van der Waals surface area contributed by atoms with E-state index >= 15 is 0 Å². The molecule has 0 amide bonds. The molecule has 1 rings (SSSR count). The van der Waals surface area contributed by atoms with Crippen molar-refractivity contribution in [3.05, 3.63) is 24.0 Å². The Kier molecular flexibility index (Phi) is 5.11. The summed E-state index contributed by atoms with van der Waals surface area (Å²) < 4.78 is 5.43. The number of hydrogen-bond donors (Lipinski definition) is 1. The molecule has 0 bridgehead atoms. The molecule has 4 nitrogen and oxygen atoms in total. The highest BCUT2D eigenvalue weighted by Crippen LogP contribution is 2.35. The van der Waals surface area contributed by atoms with Crippen LogP contribution in [0.2, 0.25) is 0 Å². The molecule has 2 atom stereocenters. The molecule has 0 radical (unpaired) electrons. The molecule has 0 aliphatic heterocycles. The standard InChI is InChI=1S/C14H25N3O/c1-7-14(2,17(4)5)13(15-3)12-11(18-6)9-8-10-16-12/h8-10,13,15H,7H2,1-6H3. The monoisotopic (exact) mass is 251 g/mol. The lowest BCUT2D eigenvalue weighted by Crippen LogP contribution is -2.50. The van der Waals surface area contributed by atoms with Gasteiger partial charge < -0.3 is 15.0 Å². The number of methoxy groups -OCH3 is 1. The van der Waals surface area contributed by atoms with E-state index in [1.54, 1.807) is 7.11 Å². The molecule has 1 aromatic heterocycles. The number of aromatic nitrogens is 1. The Morgan fingerprint density at radius 1 is 1.50 bits per heavy atom. The van der Waals surface area contributed by atoms with Gasteiger partial charge in [0.05, 0.1) is 13.2 Å². The van der Waals surface area contributed by atoms with Crippen molar-refractivity contribution in [2.45, 2.75) is 31.8 Å². The molecular formula is C14H25N3O. The van der Waals surface area contributed by atoms with Crippen molar-refractivity contribution in [2.75, 3.05) is 28.3 Å². The maximum atomic E-state index is 5.43. The first-order valence-electron chi connectivity index (χ1n) is 6.34. The summed E-state index contributed by atoms with van der Waals surface area (Å²) in [6.45, 7) is 4.43. The Labute approximate surface area is 110 Å². The van der Waals surface area contributed by atoms with E-state index in [9.17, 15) is 0 Å². The van der Waals surface area contributed by atoms with E-state index in [1.165, 1.54) is 0 Å². The summed E-state index contributed by atoms with van der Waals surface area (Å²) in [6.07, 6.45) is 2.83. The molecule has 1 N–H and O–H groups in total. The summed E-state index contributed by atoms with van der Waals surface area (Å²) in [7, 11) is 7.86. The largest absolute Gasteiger partial charge is 0.495 e. The number of ether oxygens (including phenoxy) is 1. The van der Waals surface area contributed by atoms with Gasteiger partial charge in [-0.3, -0.25) is 4.98 Å². The maximum absolute atomic E-state index is 5.43. The van der Waals surface area contributed by atoms with Crippen LogP contribution in [0.4, 0.5) is 0 Å². The zero-order valence-corrected chi connectivity index (χ0v) is 12.3. The third-order valence-corrected chi connectivity index (χ3v) is 3.94. The molecule has 0 spiro atoms. The van der Waals surface area contributed by atoms with Crippen molar-refractivity contribution in [1.29, 1.82) is 0 Å². The lowest BCUT2D eigenvalue weighted by molar-refractivity contribution is 0.113. The van der Waals surface area contributed by atoms with E-state index in [2.05, 4.69) is 43.1 Å². The maximum Gasteiger partial charge on any atom is 0.142 e. The van der Waals surface area contributed by atoms with Crippen LogP contribution < -0.4 is 10.1 Å². The molecule has 1 aromatic rings. The zero-order valence-electron chi connectivity index (χ0n) is 12.3. The molecule has 0 aliphatic rings. The second-order valence-corrected chi connectivity index (χ2v) is 4.92. The summed E-state index contributed by atoms with van der Waals surface area (Å²) in [6, 6.07) is 3.97. The molecule has 0 saturated heterocycles. The van der Waals surface area contributed by atoms with Crippen LogP contribution in [0.3, 0.4) is 0 Å². The minimum absolute atomic E-state index is 0.0175. The number of nitrogens with zero attached hydrogens (tertiary/aromatic N) is 2. The lowest BCUT2D eigenvalue weighted by atomic mass is 9.85. The van der Waals surface area contributed by atoms with E-state index in [0.717, 1.165) is 17.9 Å². The number of nitrogens with one attached hydrogen (secondary N) is 1. The number of hydrogen-bond acceptors (Lipinski definition) is 4. The molecule has 1 heterocycles. The Balaban J connectivity index is 3.24. The molecule has 18 heavy (non-hydrogen) atoms. The van der Waals surface area contributed by atoms with Gasteiger partial charge in [0.15, 0.2) is 0 Å². The summed E-state index contributed by atoms with van der Waals surface area (Å²) >= 11 is 0. The Bertz CT molecular complexity index is 381. The summed E-state index contributed by atoms with van der Waals surface area (Å²) in [5, 5.41) is 3.38. The van der Waals surface area contributed by atoms with E-state index in [-0.39, 0.29) is 11.6 Å². The van der Waals surface area contributed by atoms with Gasteiger partial charge in [0, 0.05) is 11.7 Å². The van der Waals surface area contributed by atoms with Gasteiger partial charge in [-0.1, -0.05) is 6.92 Å². The highest BCUT2D eigenvalue weighted by Gasteiger charge is 2.37. The van der Waals surface area contributed by atoms with Gasteiger partial charge in [0.1, 0.15) is 11.4 Å². The van der Waals surface area contributed by atoms with Crippen LogP contribution in [0.15, 0.2) is 18.3 Å². The number of pyridine rings is 1. The minimum Gasteiger partial charge on any atom is -0.495 e. The topological polar surface area (TPSA) is 37.4 Å². The normalized spacial score (nSPS) is 16.4. The molecular weight excluding hydrogens is 226 g/mol. The van der Waals surface area contributed by atoms with Gasteiger partial charge in [-0.2, -0.15) is 0 Å². The summed E-state index contributed by atoms with van der Waals surface area (Å²) in [4.78, 5) is 6.74. The average Bonchev–Trinajstić information content (AvgIpc) is 2.39. The molecule has 4 heteroatoms. The van der Waals surface area contributed by atoms with Gasteiger partial charge >= 0.3 is 0 Å². The first kappa shape index (κ1) is 14.9. The fraction of sp³-hybridized carbons (Fsp3) is 0.643. The van der Waals surface area contributed by atoms with Crippen molar-refractivity contribution in [3.8, 4) is 5.75 Å². The first-order chi connectivity index (χ1) is 8.51. The second kappa shape index (κ2) is 6.16. The van der Waals surface area contributed by atoms with Gasteiger partial charge in [-0.15, -0.1) is 0 Å². The minimum atomic E-state index is -0.0175. The molecule has 0 aliphatic carbocycles. The lowest BCUT2D eigenvalue weighted by Gasteiger charge is -2.42. The third kappa shape index (κ3) is 2.65. The van der Waals surface area contributed by atoms with Crippen molar-refractivity contribution >= 4 is 0 Å². The SMILES string of the molecule is CCC(C)(C(NC)c1ncccc1OC)N(C)C. The van der Waals surface area contributed by atoms with Crippen LogP contribution >= 0.6 is 0 Å². The van der Waals surface area contributed by atoms with Gasteiger partial charge in [0.25, 0.3) is 0 Å². The van der Waals surface area contributed by atoms with Gasteiger partial charge in [-0.25, -0.2) is 0 Å². The Morgan fingerprint density at radius 3 is 2.61 bits per heavy atom. The van der Waals surface area contributed by atoms with Crippen molar-refractivity contribution in [3.63, 3.8) is 0 Å². The molecule has 2 unspecified atom stereocenters. The van der Waals surface area contributed by atoms with E-state index < -0.39 is 0 Å². The van der Waals surface area contributed by atoms with Crippen LogP contribution in [0, 0.1) is 0 Å². The van der Waals surface area contributed by atoms with Gasteiger partial charge in [-0.05, 0) is 46.6 Å². The van der Waals surface area contributed by atoms with Gasteiger partial charge in [0.2, 0.25) is 0 Å². The van der Waals surface area contributed by atoms with Crippen LogP contribution in [0.25, 0.3) is 0 Å². The molecule has 0 fully saturated rings. The van der Waals surface area contributed by atoms with Crippen LogP contribution in [-0.2, 0) is 0 Å². The van der Waals surface area contributed by atoms with E-state index in [1.807, 2.05) is 25.4 Å². The van der Waals surface area contributed by atoms with Crippen molar-refractivity contribution < 1.29 is 4.74 Å². The van der Waals surface area contributed by atoms with E-state index in [4.69, 9.17) is 4.74 Å². The smallest absolute Gasteiger partial charge is 0.142 e. The zero-order chi connectivity index (χ0) is 13.8. The highest BCUT2D eigenvalue weighted by atomic mass is 16.5. The molecule has 102 valence electrons. The average molecular weight is 251 g/mol. The van der Waals surface area contributed by atoms with Crippen LogP contribution in [0.5, 0.6) is 5.75 Å². The van der Waals surface area contributed by atoms with Crippen molar-refractivity contribution in [2.24, 2.45) is 0 Å². The Morgan fingerprint density at radius 2 is 2.17 bits per heavy atom. The summed E-state index contributed by atoms with van der Waals surface area (Å²) in [5.74, 6) is 0.832. The van der Waals surface area contributed by atoms with E-state index in [0.29, 0.717) is 0 Å². The quantitative estimate of drug-likeness (QED) is 0.840. The first-order valence-corrected chi connectivity index (χ1v) is 6.34. The predicted molar refractivity (Wildman–Crippen MR) is 75.0 cm³/mol. The van der Waals surface area contributed by atoms with Crippen molar-refractivity contribution in [1.82, 2.24) is 15.2 Å². The summed E-state index contributed by atoms with van der Waals surface area (Å²) in [5.41, 5.74) is 0.941.